The maximum atomic E-state index is 9.16. The van der Waals surface area contributed by atoms with E-state index >= 15 is 0 Å². The Morgan fingerprint density at radius 3 is 2.83 bits per heavy atom. The normalized spacial score (nSPS) is 15.7. The van der Waals surface area contributed by atoms with Gasteiger partial charge in [-0.1, -0.05) is 11.6 Å². The zero-order valence-electron chi connectivity index (χ0n) is 6.74. The molecular formula is C8H11ClN2O. The lowest BCUT2D eigenvalue weighted by Crippen LogP contribution is -2.24. The topological polar surface area (TPSA) is 59.1 Å². The molecule has 0 spiro atoms. The number of pyridine rings is 1. The van der Waals surface area contributed by atoms with Gasteiger partial charge in [-0.3, -0.25) is 4.98 Å². The molecule has 2 atom stereocenters. The summed E-state index contributed by atoms with van der Waals surface area (Å²) in [4.78, 5) is 3.99. The van der Waals surface area contributed by atoms with Crippen LogP contribution in [0.5, 0.6) is 0 Å². The van der Waals surface area contributed by atoms with Gasteiger partial charge in [0, 0.05) is 11.2 Å². The van der Waals surface area contributed by atoms with E-state index in [0.717, 1.165) is 0 Å². The lowest BCUT2D eigenvalue weighted by molar-refractivity contribution is 0.162. The maximum Gasteiger partial charge on any atom is 0.0731 e. The van der Waals surface area contributed by atoms with Crippen LogP contribution in [0, 0.1) is 0 Å². The van der Waals surface area contributed by atoms with E-state index < -0.39 is 12.1 Å². The molecule has 3 N–H and O–H groups in total. The van der Waals surface area contributed by atoms with E-state index in [0.29, 0.717) is 10.7 Å². The van der Waals surface area contributed by atoms with Crippen LogP contribution in [0.25, 0.3) is 0 Å². The lowest BCUT2D eigenvalue weighted by Gasteiger charge is -2.13. The molecule has 1 aromatic heterocycles. The third-order valence-electron chi connectivity index (χ3n) is 1.60. The smallest absolute Gasteiger partial charge is 0.0731 e. The van der Waals surface area contributed by atoms with E-state index in [1.165, 1.54) is 0 Å². The SMILES string of the molecule is C[C@H](O)[C@H](N)c1cc(Cl)ccn1. The molecular weight excluding hydrogens is 176 g/mol. The van der Waals surface area contributed by atoms with Gasteiger partial charge in [-0.2, -0.15) is 0 Å². The van der Waals surface area contributed by atoms with Crippen molar-refractivity contribution in [1.29, 1.82) is 0 Å². The third-order valence-corrected chi connectivity index (χ3v) is 1.84. The van der Waals surface area contributed by atoms with Crippen LogP contribution in [0.15, 0.2) is 18.3 Å². The van der Waals surface area contributed by atoms with Crippen molar-refractivity contribution in [3.05, 3.63) is 29.0 Å². The molecule has 66 valence electrons. The van der Waals surface area contributed by atoms with Crippen LogP contribution in [-0.4, -0.2) is 16.2 Å². The van der Waals surface area contributed by atoms with Gasteiger partial charge in [0.05, 0.1) is 17.8 Å². The standard InChI is InChI=1S/C8H11ClN2O/c1-5(12)8(10)7-4-6(9)2-3-11-7/h2-5,8,12H,10H2,1H3/t5-,8-/m0/s1. The van der Waals surface area contributed by atoms with Crippen molar-refractivity contribution < 1.29 is 5.11 Å². The lowest BCUT2D eigenvalue weighted by atomic mass is 10.1. The Morgan fingerprint density at radius 1 is 1.67 bits per heavy atom. The molecule has 0 saturated carbocycles. The molecule has 1 rings (SSSR count). The highest BCUT2D eigenvalue weighted by atomic mass is 35.5. The molecule has 0 amide bonds. The number of halogens is 1. The zero-order valence-corrected chi connectivity index (χ0v) is 7.49. The summed E-state index contributed by atoms with van der Waals surface area (Å²) >= 11 is 5.72. The molecule has 1 aromatic rings. The number of aromatic nitrogens is 1. The monoisotopic (exact) mass is 186 g/mol. The average Bonchev–Trinajstić information content (AvgIpc) is 2.03. The van der Waals surface area contributed by atoms with Gasteiger partial charge < -0.3 is 10.8 Å². The minimum Gasteiger partial charge on any atom is -0.391 e. The predicted molar refractivity (Wildman–Crippen MR) is 47.9 cm³/mol. The molecule has 0 saturated heterocycles. The van der Waals surface area contributed by atoms with E-state index in [4.69, 9.17) is 22.4 Å². The Balaban J connectivity index is 2.88. The molecule has 0 aliphatic rings. The van der Waals surface area contributed by atoms with Gasteiger partial charge in [0.15, 0.2) is 0 Å². The number of aliphatic hydroxyl groups excluding tert-OH is 1. The molecule has 4 heteroatoms. The first-order valence-corrected chi connectivity index (χ1v) is 4.04. The van der Waals surface area contributed by atoms with Crippen LogP contribution in [0.2, 0.25) is 5.02 Å². The summed E-state index contributed by atoms with van der Waals surface area (Å²) < 4.78 is 0. The Morgan fingerprint density at radius 2 is 2.33 bits per heavy atom. The number of nitrogens with zero attached hydrogens (tertiary/aromatic N) is 1. The molecule has 0 bridgehead atoms. The molecule has 12 heavy (non-hydrogen) atoms. The van der Waals surface area contributed by atoms with Crippen molar-refractivity contribution >= 4 is 11.6 Å². The van der Waals surface area contributed by atoms with Crippen LogP contribution in [0.1, 0.15) is 18.7 Å². The van der Waals surface area contributed by atoms with Gasteiger partial charge in [0.1, 0.15) is 0 Å². The zero-order chi connectivity index (χ0) is 9.14. The van der Waals surface area contributed by atoms with Gasteiger partial charge >= 0.3 is 0 Å². The van der Waals surface area contributed by atoms with Gasteiger partial charge in [0.25, 0.3) is 0 Å². The molecule has 1 heterocycles. The maximum absolute atomic E-state index is 9.16. The van der Waals surface area contributed by atoms with Crippen LogP contribution in [0.4, 0.5) is 0 Å². The van der Waals surface area contributed by atoms with Crippen molar-refractivity contribution in [1.82, 2.24) is 4.98 Å². The second-order valence-corrected chi connectivity index (χ2v) is 3.10. The molecule has 0 aliphatic carbocycles. The number of hydrogen-bond acceptors (Lipinski definition) is 3. The van der Waals surface area contributed by atoms with Crippen molar-refractivity contribution in [2.75, 3.05) is 0 Å². The van der Waals surface area contributed by atoms with E-state index in [1.54, 1.807) is 25.3 Å². The molecule has 0 aromatic carbocycles. The van der Waals surface area contributed by atoms with Crippen molar-refractivity contribution in [3.63, 3.8) is 0 Å². The van der Waals surface area contributed by atoms with Crippen molar-refractivity contribution in [3.8, 4) is 0 Å². The first kappa shape index (κ1) is 9.45. The van der Waals surface area contributed by atoms with Crippen LogP contribution in [-0.2, 0) is 0 Å². The van der Waals surface area contributed by atoms with E-state index in [-0.39, 0.29) is 0 Å². The average molecular weight is 187 g/mol. The summed E-state index contributed by atoms with van der Waals surface area (Å²) in [6.45, 7) is 1.62. The summed E-state index contributed by atoms with van der Waals surface area (Å²) in [5.74, 6) is 0. The van der Waals surface area contributed by atoms with E-state index in [2.05, 4.69) is 4.98 Å². The van der Waals surface area contributed by atoms with Gasteiger partial charge in [-0.25, -0.2) is 0 Å². The summed E-state index contributed by atoms with van der Waals surface area (Å²) in [5, 5.41) is 9.74. The third kappa shape index (κ3) is 2.17. The Hall–Kier alpha value is -0.640. The second-order valence-electron chi connectivity index (χ2n) is 2.67. The Labute approximate surface area is 76.2 Å². The molecule has 0 unspecified atom stereocenters. The van der Waals surface area contributed by atoms with Gasteiger partial charge in [0.2, 0.25) is 0 Å². The van der Waals surface area contributed by atoms with Crippen LogP contribution >= 0.6 is 11.6 Å². The fourth-order valence-corrected chi connectivity index (χ4v) is 1.02. The number of hydrogen-bond donors (Lipinski definition) is 2. The molecule has 0 fully saturated rings. The first-order chi connectivity index (χ1) is 5.61. The summed E-state index contributed by atoms with van der Waals surface area (Å²) in [6, 6.07) is 2.85. The largest absolute Gasteiger partial charge is 0.391 e. The van der Waals surface area contributed by atoms with Gasteiger partial charge in [-0.15, -0.1) is 0 Å². The van der Waals surface area contributed by atoms with Crippen molar-refractivity contribution in [2.24, 2.45) is 5.73 Å². The highest BCUT2D eigenvalue weighted by Crippen LogP contribution is 2.15. The quantitative estimate of drug-likeness (QED) is 0.728. The highest BCUT2D eigenvalue weighted by molar-refractivity contribution is 6.30. The summed E-state index contributed by atoms with van der Waals surface area (Å²) in [5.41, 5.74) is 6.24. The Bertz CT molecular complexity index is 265. The Kier molecular flexibility index (Phi) is 3.03. The highest BCUT2D eigenvalue weighted by Gasteiger charge is 2.12. The fraction of sp³-hybridized carbons (Fsp3) is 0.375. The second kappa shape index (κ2) is 3.85. The minimum absolute atomic E-state index is 0.469. The molecule has 3 nitrogen and oxygen atoms in total. The predicted octanol–water partition coefficient (Wildman–Crippen LogP) is 1.12. The van der Waals surface area contributed by atoms with Gasteiger partial charge in [-0.05, 0) is 19.1 Å². The summed E-state index contributed by atoms with van der Waals surface area (Å²) in [7, 11) is 0. The minimum atomic E-state index is -0.615. The number of rotatable bonds is 2. The fourth-order valence-electron chi connectivity index (χ4n) is 0.851. The van der Waals surface area contributed by atoms with Crippen molar-refractivity contribution in [2.45, 2.75) is 19.1 Å². The van der Waals surface area contributed by atoms with E-state index in [9.17, 15) is 0 Å². The number of nitrogens with two attached hydrogens (primary N) is 1. The van der Waals surface area contributed by atoms with Crippen LogP contribution < -0.4 is 5.73 Å². The molecule has 0 aliphatic heterocycles. The first-order valence-electron chi connectivity index (χ1n) is 3.66. The molecule has 0 radical (unpaired) electrons. The van der Waals surface area contributed by atoms with Crippen LogP contribution in [0.3, 0.4) is 0 Å². The summed E-state index contributed by atoms with van der Waals surface area (Å²) in [6.07, 6.45) is 0.955. The number of aliphatic hydroxyl groups is 1. The van der Waals surface area contributed by atoms with E-state index in [1.807, 2.05) is 0 Å².